The van der Waals surface area contributed by atoms with Crippen molar-refractivity contribution in [2.24, 2.45) is 5.73 Å². The van der Waals surface area contributed by atoms with E-state index in [-0.39, 0.29) is 23.1 Å². The van der Waals surface area contributed by atoms with E-state index in [1.165, 1.54) is 0 Å². The van der Waals surface area contributed by atoms with Crippen LogP contribution in [0.25, 0.3) is 11.2 Å². The van der Waals surface area contributed by atoms with Gasteiger partial charge in [0, 0.05) is 0 Å². The second-order valence-corrected chi connectivity index (χ2v) is 2.36. The van der Waals surface area contributed by atoms with Crippen LogP contribution in [0.15, 0.2) is 6.33 Å². The highest BCUT2D eigenvalue weighted by atomic mass is 16.6. The number of H-pyrrole nitrogens is 1. The third kappa shape index (κ3) is 1.28. The minimum Gasteiger partial charge on any atom is -0.480 e. The summed E-state index contributed by atoms with van der Waals surface area (Å²) in [6.07, 6.45) is 0.144. The standard InChI is InChI=1S/C6H5N5O3/c7-5(12)14-4-2-3(8-1-9-4)11-6(13)10-2/h1H,(H2,7,12)(H2,8,9,10,11,13). The Morgan fingerprint density at radius 3 is 3.07 bits per heavy atom. The number of hydrogen-bond donors (Lipinski definition) is 3. The molecule has 0 bridgehead atoms. The number of carbonyl (C=O) groups is 1. The largest absolute Gasteiger partial charge is 0.480 e. The lowest BCUT2D eigenvalue weighted by atomic mass is 10.5. The molecule has 4 N–H and O–H groups in total. The fraction of sp³-hybridized carbons (Fsp3) is 0. The smallest absolute Gasteiger partial charge is 0.411 e. The zero-order chi connectivity index (χ0) is 10.1. The molecule has 0 aliphatic carbocycles. The Balaban J connectivity index is 2.58. The van der Waals surface area contributed by atoms with E-state index >= 15 is 0 Å². The van der Waals surface area contributed by atoms with Crippen LogP contribution in [-0.2, 0) is 0 Å². The molecule has 0 saturated carbocycles. The van der Waals surface area contributed by atoms with Gasteiger partial charge in [-0.2, -0.15) is 9.97 Å². The fourth-order valence-corrected chi connectivity index (χ4v) is 0.965. The van der Waals surface area contributed by atoms with E-state index in [4.69, 9.17) is 10.8 Å². The highest BCUT2D eigenvalue weighted by molar-refractivity contribution is 5.79. The van der Waals surface area contributed by atoms with Gasteiger partial charge in [0.05, 0.1) is 0 Å². The van der Waals surface area contributed by atoms with Gasteiger partial charge in [-0.3, -0.25) is 4.98 Å². The Kier molecular flexibility index (Phi) is 1.67. The Labute approximate surface area is 76.8 Å². The molecular weight excluding hydrogens is 190 g/mol. The average Bonchev–Trinajstić information content (AvgIpc) is 2.45. The van der Waals surface area contributed by atoms with Crippen LogP contribution in [0, 0.1) is 0 Å². The Morgan fingerprint density at radius 2 is 2.36 bits per heavy atom. The van der Waals surface area contributed by atoms with Gasteiger partial charge in [0.1, 0.15) is 6.33 Å². The van der Waals surface area contributed by atoms with Crippen LogP contribution in [0.3, 0.4) is 0 Å². The van der Waals surface area contributed by atoms with Crippen molar-refractivity contribution in [1.82, 2.24) is 19.9 Å². The van der Waals surface area contributed by atoms with Gasteiger partial charge in [-0.1, -0.05) is 0 Å². The lowest BCUT2D eigenvalue weighted by Crippen LogP contribution is -2.17. The Hall–Kier alpha value is -2.38. The Bertz CT molecular complexity index is 493. The summed E-state index contributed by atoms with van der Waals surface area (Å²) in [7, 11) is 0. The molecule has 8 nitrogen and oxygen atoms in total. The van der Waals surface area contributed by atoms with Crippen LogP contribution >= 0.6 is 0 Å². The number of aromatic amines is 1. The van der Waals surface area contributed by atoms with Crippen LogP contribution in [-0.4, -0.2) is 31.1 Å². The zero-order valence-electron chi connectivity index (χ0n) is 6.76. The number of aromatic nitrogens is 4. The topological polar surface area (TPSA) is 127 Å². The molecule has 0 aliphatic rings. The lowest BCUT2D eigenvalue weighted by molar-refractivity contribution is 0.209. The number of nitrogens with two attached hydrogens (primary N) is 1. The van der Waals surface area contributed by atoms with Crippen molar-refractivity contribution in [3.63, 3.8) is 0 Å². The molecule has 0 saturated heterocycles. The first-order chi connectivity index (χ1) is 6.66. The van der Waals surface area contributed by atoms with Gasteiger partial charge >= 0.3 is 6.09 Å². The van der Waals surface area contributed by atoms with Crippen molar-refractivity contribution in [3.05, 3.63) is 6.33 Å². The lowest BCUT2D eigenvalue weighted by Gasteiger charge is -1.97. The van der Waals surface area contributed by atoms with Crippen molar-refractivity contribution in [3.8, 4) is 11.9 Å². The maximum atomic E-state index is 10.5. The number of fused-ring (bicyclic) bond motifs is 1. The summed E-state index contributed by atoms with van der Waals surface area (Å²) in [5.41, 5.74) is 5.20. The second-order valence-electron chi connectivity index (χ2n) is 2.36. The molecule has 1 amide bonds. The average molecular weight is 195 g/mol. The first-order valence-electron chi connectivity index (χ1n) is 3.54. The summed E-state index contributed by atoms with van der Waals surface area (Å²) in [6, 6.07) is -0.338. The van der Waals surface area contributed by atoms with E-state index in [0.29, 0.717) is 0 Å². The first kappa shape index (κ1) is 8.23. The van der Waals surface area contributed by atoms with E-state index in [2.05, 4.69) is 24.7 Å². The number of primary amides is 1. The van der Waals surface area contributed by atoms with Crippen molar-refractivity contribution in [2.75, 3.05) is 0 Å². The number of amides is 1. The number of hydrogen-bond acceptors (Lipinski definition) is 6. The van der Waals surface area contributed by atoms with Crippen molar-refractivity contribution in [2.45, 2.75) is 0 Å². The monoisotopic (exact) mass is 195 g/mol. The van der Waals surface area contributed by atoms with Gasteiger partial charge in [-0.05, 0) is 0 Å². The quantitative estimate of drug-likeness (QED) is 0.563. The van der Waals surface area contributed by atoms with Crippen LogP contribution in [0.5, 0.6) is 11.9 Å². The van der Waals surface area contributed by atoms with Crippen molar-refractivity contribution >= 4 is 17.3 Å². The zero-order valence-corrected chi connectivity index (χ0v) is 6.76. The van der Waals surface area contributed by atoms with Crippen LogP contribution in [0.4, 0.5) is 4.79 Å². The summed E-state index contributed by atoms with van der Waals surface area (Å²) >= 11 is 0. The number of carbonyl (C=O) groups excluding carboxylic acids is 1. The molecular formula is C6H5N5O3. The van der Waals surface area contributed by atoms with Crippen molar-refractivity contribution in [1.29, 1.82) is 0 Å². The van der Waals surface area contributed by atoms with Gasteiger partial charge in [0.2, 0.25) is 0 Å². The molecule has 72 valence electrons. The van der Waals surface area contributed by atoms with Crippen LogP contribution < -0.4 is 10.5 Å². The summed E-state index contributed by atoms with van der Waals surface area (Å²) in [6.45, 7) is 0. The van der Waals surface area contributed by atoms with Crippen LogP contribution in [0.1, 0.15) is 0 Å². The molecule has 0 aliphatic heterocycles. The van der Waals surface area contributed by atoms with Gasteiger partial charge in [0.15, 0.2) is 11.2 Å². The third-order valence-electron chi connectivity index (χ3n) is 1.43. The molecule has 14 heavy (non-hydrogen) atoms. The normalized spacial score (nSPS) is 10.3. The Morgan fingerprint density at radius 1 is 1.57 bits per heavy atom. The SMILES string of the molecule is NC(=O)Oc1ncnc2[nH]c(O)nc12. The third-order valence-corrected chi connectivity index (χ3v) is 1.43. The van der Waals surface area contributed by atoms with E-state index in [9.17, 15) is 4.79 Å². The van der Waals surface area contributed by atoms with Crippen LogP contribution in [0.2, 0.25) is 0 Å². The molecule has 2 rings (SSSR count). The van der Waals surface area contributed by atoms with Gasteiger partial charge in [-0.15, -0.1) is 0 Å². The molecule has 2 aromatic rings. The molecule has 0 aromatic carbocycles. The summed E-state index contributed by atoms with van der Waals surface area (Å²) < 4.78 is 4.53. The minimum absolute atomic E-state index is 0.0981. The van der Waals surface area contributed by atoms with Gasteiger partial charge in [-0.25, -0.2) is 9.78 Å². The molecule has 2 heterocycles. The maximum absolute atomic E-state index is 10.5. The summed E-state index contributed by atoms with van der Waals surface area (Å²) in [4.78, 5) is 23.9. The summed E-state index contributed by atoms with van der Waals surface area (Å²) in [5, 5.41) is 9.01. The molecule has 8 heteroatoms. The highest BCUT2D eigenvalue weighted by Crippen LogP contribution is 2.20. The summed E-state index contributed by atoms with van der Waals surface area (Å²) in [5.74, 6) is -0.0981. The molecule has 0 unspecified atom stereocenters. The number of ether oxygens (including phenoxy) is 1. The fourth-order valence-electron chi connectivity index (χ4n) is 0.965. The van der Waals surface area contributed by atoms with Gasteiger partial charge < -0.3 is 15.6 Å². The number of nitrogens with one attached hydrogen (secondary N) is 1. The number of imidazole rings is 1. The first-order valence-corrected chi connectivity index (χ1v) is 3.54. The minimum atomic E-state index is -1.01. The van der Waals surface area contributed by atoms with E-state index in [1.54, 1.807) is 0 Å². The van der Waals surface area contributed by atoms with Crippen molar-refractivity contribution < 1.29 is 14.6 Å². The van der Waals surface area contributed by atoms with Gasteiger partial charge in [0.25, 0.3) is 11.9 Å². The molecule has 0 atom stereocenters. The molecule has 0 spiro atoms. The predicted molar refractivity (Wildman–Crippen MR) is 43.6 cm³/mol. The molecule has 0 fully saturated rings. The predicted octanol–water partition coefficient (Wildman–Crippen LogP) is -0.484. The molecule has 0 radical (unpaired) electrons. The molecule has 2 aromatic heterocycles. The van der Waals surface area contributed by atoms with E-state index in [1.807, 2.05) is 0 Å². The number of nitrogens with zero attached hydrogens (tertiary/aromatic N) is 3. The second kappa shape index (κ2) is 2.83. The maximum Gasteiger partial charge on any atom is 0.411 e. The highest BCUT2D eigenvalue weighted by Gasteiger charge is 2.11. The van der Waals surface area contributed by atoms with E-state index < -0.39 is 6.09 Å². The van der Waals surface area contributed by atoms with E-state index in [0.717, 1.165) is 6.33 Å². The number of aromatic hydroxyl groups is 1. The number of rotatable bonds is 1.